The molecule has 2 aliphatic rings. The Morgan fingerprint density at radius 2 is 1.52 bits per heavy atom. The number of benzene rings is 2. The highest BCUT2D eigenvalue weighted by atomic mass is 16.6. The second-order valence-corrected chi connectivity index (χ2v) is 8.27. The zero-order valence-electron chi connectivity index (χ0n) is 18.0. The molecule has 2 fully saturated rings. The Labute approximate surface area is 190 Å². The van der Waals surface area contributed by atoms with Crippen LogP contribution in [-0.2, 0) is 24.7 Å². The van der Waals surface area contributed by atoms with Crippen LogP contribution in [0.25, 0.3) is 0 Å². The summed E-state index contributed by atoms with van der Waals surface area (Å²) in [5.41, 5.74) is -0.373. The first-order valence-electron chi connectivity index (χ1n) is 10.8. The quantitative estimate of drug-likeness (QED) is 0.454. The van der Waals surface area contributed by atoms with Gasteiger partial charge in [0.25, 0.3) is 11.8 Å². The lowest BCUT2D eigenvalue weighted by Crippen LogP contribution is -2.51. The number of amides is 4. The van der Waals surface area contributed by atoms with Crippen LogP contribution in [-0.4, -0.2) is 46.1 Å². The zero-order valence-corrected chi connectivity index (χ0v) is 18.0. The van der Waals surface area contributed by atoms with Gasteiger partial charge >= 0.3 is 12.0 Å². The standard InChI is InChI=1S/C24H25N3O6/c28-19(26-27-20(29)23(25-22(27)31)14-8-3-9-15-23)16-33-21(30)24(32,17-10-4-1-5-11-17)18-12-6-2-7-13-18/h1-2,4-7,10-13,32H,3,8-9,14-16H2,(H,25,31)(H,26,28). The van der Waals surface area contributed by atoms with E-state index in [9.17, 15) is 24.3 Å². The first kappa shape index (κ1) is 22.5. The number of imide groups is 1. The van der Waals surface area contributed by atoms with Gasteiger partial charge < -0.3 is 15.2 Å². The number of carbonyl (C=O) groups is 4. The van der Waals surface area contributed by atoms with Crippen LogP contribution in [0.5, 0.6) is 0 Å². The summed E-state index contributed by atoms with van der Waals surface area (Å²) >= 11 is 0. The molecule has 0 unspecified atom stereocenters. The van der Waals surface area contributed by atoms with Gasteiger partial charge in [0.05, 0.1) is 0 Å². The molecule has 1 saturated heterocycles. The third kappa shape index (κ3) is 4.19. The van der Waals surface area contributed by atoms with E-state index in [2.05, 4.69) is 10.7 Å². The molecule has 9 nitrogen and oxygen atoms in total. The number of urea groups is 1. The highest BCUT2D eigenvalue weighted by Crippen LogP contribution is 2.33. The van der Waals surface area contributed by atoms with Crippen LogP contribution in [0.4, 0.5) is 4.79 Å². The first-order valence-corrected chi connectivity index (χ1v) is 10.8. The smallest absolute Gasteiger partial charge is 0.348 e. The van der Waals surface area contributed by atoms with Crippen molar-refractivity contribution >= 4 is 23.8 Å². The SMILES string of the molecule is O=C(COC(=O)C(O)(c1ccccc1)c1ccccc1)NN1C(=O)NC2(CCCCC2)C1=O. The molecule has 1 aliphatic carbocycles. The number of hydrogen-bond acceptors (Lipinski definition) is 6. The monoisotopic (exact) mass is 451 g/mol. The zero-order chi connectivity index (χ0) is 23.5. The van der Waals surface area contributed by atoms with Crippen molar-refractivity contribution in [3.05, 3.63) is 71.8 Å². The third-order valence-electron chi connectivity index (χ3n) is 6.12. The molecule has 0 bridgehead atoms. The average molecular weight is 451 g/mol. The van der Waals surface area contributed by atoms with Crippen LogP contribution in [0.15, 0.2) is 60.7 Å². The Morgan fingerprint density at radius 3 is 2.06 bits per heavy atom. The van der Waals surface area contributed by atoms with Gasteiger partial charge in [0.1, 0.15) is 5.54 Å². The molecule has 0 atom stereocenters. The van der Waals surface area contributed by atoms with E-state index in [1.54, 1.807) is 60.7 Å². The maximum atomic E-state index is 13.0. The molecule has 4 rings (SSSR count). The molecular formula is C24H25N3O6. The number of rotatable bonds is 6. The molecule has 0 radical (unpaired) electrons. The van der Waals surface area contributed by atoms with E-state index in [0.717, 1.165) is 19.3 Å². The van der Waals surface area contributed by atoms with Gasteiger partial charge in [0, 0.05) is 0 Å². The van der Waals surface area contributed by atoms with E-state index < -0.39 is 41.6 Å². The number of nitrogens with zero attached hydrogens (tertiary/aromatic N) is 1. The van der Waals surface area contributed by atoms with Gasteiger partial charge in [-0.05, 0) is 24.0 Å². The van der Waals surface area contributed by atoms with E-state index in [-0.39, 0.29) is 11.1 Å². The topological polar surface area (TPSA) is 125 Å². The summed E-state index contributed by atoms with van der Waals surface area (Å²) in [4.78, 5) is 50.5. The predicted octanol–water partition coefficient (Wildman–Crippen LogP) is 1.75. The van der Waals surface area contributed by atoms with Crippen LogP contribution >= 0.6 is 0 Å². The number of hydrazine groups is 1. The van der Waals surface area contributed by atoms with Crippen molar-refractivity contribution in [2.24, 2.45) is 0 Å². The Morgan fingerprint density at radius 1 is 0.970 bits per heavy atom. The molecule has 3 N–H and O–H groups in total. The van der Waals surface area contributed by atoms with E-state index >= 15 is 0 Å². The Hall–Kier alpha value is -3.72. The second kappa shape index (κ2) is 9.03. The Bertz CT molecular complexity index is 1010. The number of ether oxygens (including phenoxy) is 1. The first-order chi connectivity index (χ1) is 15.9. The van der Waals surface area contributed by atoms with Crippen molar-refractivity contribution in [1.29, 1.82) is 0 Å². The fourth-order valence-corrected chi connectivity index (χ4v) is 4.37. The molecule has 1 heterocycles. The molecule has 172 valence electrons. The van der Waals surface area contributed by atoms with Gasteiger partial charge in [-0.3, -0.25) is 15.0 Å². The lowest BCUT2D eigenvalue weighted by molar-refractivity contribution is -0.165. The molecule has 2 aromatic carbocycles. The minimum Gasteiger partial charge on any atom is -0.453 e. The minimum absolute atomic E-state index is 0.273. The van der Waals surface area contributed by atoms with E-state index in [1.165, 1.54) is 0 Å². The minimum atomic E-state index is -2.14. The van der Waals surface area contributed by atoms with Gasteiger partial charge in [-0.2, -0.15) is 5.01 Å². The van der Waals surface area contributed by atoms with Gasteiger partial charge in [0.2, 0.25) is 5.60 Å². The fourth-order valence-electron chi connectivity index (χ4n) is 4.37. The summed E-state index contributed by atoms with van der Waals surface area (Å²) in [6.07, 6.45) is 3.63. The summed E-state index contributed by atoms with van der Waals surface area (Å²) in [6.45, 7) is -0.787. The van der Waals surface area contributed by atoms with Crippen molar-refractivity contribution in [2.45, 2.75) is 43.2 Å². The van der Waals surface area contributed by atoms with Crippen molar-refractivity contribution < 1.29 is 29.0 Å². The lowest BCUT2D eigenvalue weighted by Gasteiger charge is -2.30. The summed E-state index contributed by atoms with van der Waals surface area (Å²) < 4.78 is 5.12. The molecule has 1 spiro atoms. The number of esters is 1. The summed E-state index contributed by atoms with van der Waals surface area (Å²) in [5.74, 6) is -2.45. The van der Waals surface area contributed by atoms with Crippen LogP contribution in [0.3, 0.4) is 0 Å². The van der Waals surface area contributed by atoms with Crippen molar-refractivity contribution in [3.63, 3.8) is 0 Å². The highest BCUT2D eigenvalue weighted by Gasteiger charge is 2.52. The molecule has 9 heteroatoms. The maximum Gasteiger partial charge on any atom is 0.348 e. The molecule has 1 saturated carbocycles. The molecule has 1 aliphatic heterocycles. The molecule has 33 heavy (non-hydrogen) atoms. The fraction of sp³-hybridized carbons (Fsp3) is 0.333. The Kier molecular flexibility index (Phi) is 6.15. The Balaban J connectivity index is 1.44. The number of carbonyl (C=O) groups excluding carboxylic acids is 4. The van der Waals surface area contributed by atoms with Crippen LogP contribution in [0.1, 0.15) is 43.2 Å². The average Bonchev–Trinajstić information content (AvgIpc) is 3.07. The second-order valence-electron chi connectivity index (χ2n) is 8.27. The van der Waals surface area contributed by atoms with Crippen molar-refractivity contribution in [2.75, 3.05) is 6.61 Å². The molecular weight excluding hydrogens is 426 g/mol. The number of aliphatic hydroxyl groups is 1. The summed E-state index contributed by atoms with van der Waals surface area (Å²) in [7, 11) is 0. The summed E-state index contributed by atoms with van der Waals surface area (Å²) in [6, 6.07) is 15.7. The van der Waals surface area contributed by atoms with Gasteiger partial charge in [0.15, 0.2) is 6.61 Å². The van der Waals surface area contributed by atoms with E-state index in [1.807, 2.05) is 0 Å². The van der Waals surface area contributed by atoms with Gasteiger partial charge in [-0.25, -0.2) is 9.59 Å². The third-order valence-corrected chi connectivity index (χ3v) is 6.12. The van der Waals surface area contributed by atoms with Crippen molar-refractivity contribution in [3.8, 4) is 0 Å². The van der Waals surface area contributed by atoms with Crippen LogP contribution in [0, 0.1) is 0 Å². The van der Waals surface area contributed by atoms with Gasteiger partial charge in [-0.15, -0.1) is 0 Å². The molecule has 4 amide bonds. The highest BCUT2D eigenvalue weighted by molar-refractivity contribution is 6.08. The van der Waals surface area contributed by atoms with Gasteiger partial charge in [-0.1, -0.05) is 79.9 Å². The van der Waals surface area contributed by atoms with Crippen LogP contribution < -0.4 is 10.7 Å². The molecule has 0 aromatic heterocycles. The lowest BCUT2D eigenvalue weighted by atomic mass is 9.82. The van der Waals surface area contributed by atoms with E-state index in [4.69, 9.17) is 4.74 Å². The predicted molar refractivity (Wildman–Crippen MR) is 116 cm³/mol. The van der Waals surface area contributed by atoms with Crippen LogP contribution in [0.2, 0.25) is 0 Å². The maximum absolute atomic E-state index is 13.0. The number of hydrogen-bond donors (Lipinski definition) is 3. The summed E-state index contributed by atoms with van der Waals surface area (Å²) in [5, 5.41) is 14.7. The molecule has 2 aromatic rings. The van der Waals surface area contributed by atoms with E-state index in [0.29, 0.717) is 17.9 Å². The van der Waals surface area contributed by atoms with Crippen molar-refractivity contribution in [1.82, 2.24) is 15.8 Å². The largest absolute Gasteiger partial charge is 0.453 e. The number of nitrogens with one attached hydrogen (secondary N) is 2. The normalized spacial score (nSPS) is 17.5.